The van der Waals surface area contributed by atoms with Gasteiger partial charge in [-0.05, 0) is 39.3 Å². The third-order valence-corrected chi connectivity index (χ3v) is 5.65. The van der Waals surface area contributed by atoms with Crippen molar-refractivity contribution in [2.45, 2.75) is 91.1 Å². The second kappa shape index (κ2) is 16.9. The van der Waals surface area contributed by atoms with E-state index < -0.39 is 5.60 Å². The van der Waals surface area contributed by atoms with Gasteiger partial charge in [0.25, 0.3) is 0 Å². The molecule has 0 radical (unpaired) electrons. The maximum Gasteiger partial charge on any atom is 0.307 e. The summed E-state index contributed by atoms with van der Waals surface area (Å²) in [5, 5.41) is 0. The van der Waals surface area contributed by atoms with Crippen LogP contribution in [0.3, 0.4) is 0 Å². The van der Waals surface area contributed by atoms with E-state index in [9.17, 15) is 9.59 Å². The van der Waals surface area contributed by atoms with E-state index in [1.165, 1.54) is 56.7 Å². The molecule has 1 rings (SSSR count). The van der Waals surface area contributed by atoms with Crippen LogP contribution in [0.1, 0.15) is 85.5 Å². The highest BCUT2D eigenvalue weighted by Gasteiger charge is 2.16. The summed E-state index contributed by atoms with van der Waals surface area (Å²) in [6.07, 6.45) is 10.4. The summed E-state index contributed by atoms with van der Waals surface area (Å²) in [4.78, 5) is 23.8. The van der Waals surface area contributed by atoms with E-state index in [1.807, 2.05) is 45.0 Å². The predicted octanol–water partition coefficient (Wildman–Crippen LogP) is 6.62. The van der Waals surface area contributed by atoms with Crippen molar-refractivity contribution >= 4 is 23.5 Å². The van der Waals surface area contributed by atoms with Crippen molar-refractivity contribution in [3.05, 3.63) is 24.3 Å². The summed E-state index contributed by atoms with van der Waals surface area (Å²) < 4.78 is 16.8. The van der Waals surface area contributed by atoms with Gasteiger partial charge in [0.2, 0.25) is 0 Å². The molecular formula is C26H42O5S. The Labute approximate surface area is 199 Å². The lowest BCUT2D eigenvalue weighted by Gasteiger charge is -2.19. The molecule has 5 nitrogen and oxygen atoms in total. The normalized spacial score (nSPS) is 11.2. The minimum atomic E-state index is -0.477. The van der Waals surface area contributed by atoms with Crippen LogP contribution in [-0.2, 0) is 14.3 Å². The maximum atomic E-state index is 12.1. The Bertz CT molecular complexity index is 654. The zero-order valence-corrected chi connectivity index (χ0v) is 21.3. The number of ketones is 1. The number of thioether (sulfide) groups is 1. The smallest absolute Gasteiger partial charge is 0.307 e. The zero-order chi connectivity index (χ0) is 23.7. The number of hydrogen-bond acceptors (Lipinski definition) is 6. The summed E-state index contributed by atoms with van der Waals surface area (Å²) in [7, 11) is 0. The van der Waals surface area contributed by atoms with Crippen LogP contribution in [0.2, 0.25) is 0 Å². The highest BCUT2D eigenvalue weighted by Crippen LogP contribution is 2.26. The lowest BCUT2D eigenvalue weighted by Crippen LogP contribution is -2.24. The molecule has 0 saturated heterocycles. The molecule has 0 saturated carbocycles. The van der Waals surface area contributed by atoms with E-state index >= 15 is 0 Å². The average molecular weight is 467 g/mol. The van der Waals surface area contributed by atoms with Crippen LogP contribution in [0, 0.1) is 0 Å². The SMILES string of the molecule is CCCCCCCCCCOc1ccccc1OCC(=O)CSCCC(=O)OC(C)(C)C. The molecule has 0 spiro atoms. The molecule has 1 aromatic rings. The fourth-order valence-electron chi connectivity index (χ4n) is 3.04. The molecule has 0 heterocycles. The Balaban J connectivity index is 2.20. The summed E-state index contributed by atoms with van der Waals surface area (Å²) in [6, 6.07) is 7.48. The van der Waals surface area contributed by atoms with Gasteiger partial charge >= 0.3 is 5.97 Å². The molecule has 0 N–H and O–H groups in total. The third-order valence-electron chi connectivity index (χ3n) is 4.63. The van der Waals surface area contributed by atoms with Crippen molar-refractivity contribution in [2.24, 2.45) is 0 Å². The quantitative estimate of drug-likeness (QED) is 0.179. The van der Waals surface area contributed by atoms with Gasteiger partial charge in [-0.25, -0.2) is 0 Å². The molecule has 0 bridgehead atoms. The number of esters is 1. The first-order chi connectivity index (χ1) is 15.3. The van der Waals surface area contributed by atoms with Gasteiger partial charge in [-0.15, -0.1) is 0 Å². The summed E-state index contributed by atoms with van der Waals surface area (Å²) in [5.74, 6) is 1.89. The molecule has 182 valence electrons. The minimum absolute atomic E-state index is 0.00241. The third kappa shape index (κ3) is 15.2. The van der Waals surface area contributed by atoms with Crippen molar-refractivity contribution in [1.29, 1.82) is 0 Å². The second-order valence-corrected chi connectivity index (χ2v) is 10.1. The van der Waals surface area contributed by atoms with Crippen molar-refractivity contribution in [3.63, 3.8) is 0 Å². The number of benzene rings is 1. The van der Waals surface area contributed by atoms with Crippen LogP contribution in [0.25, 0.3) is 0 Å². The van der Waals surface area contributed by atoms with Crippen molar-refractivity contribution in [1.82, 2.24) is 0 Å². The van der Waals surface area contributed by atoms with Gasteiger partial charge in [0, 0.05) is 5.75 Å². The molecule has 1 aromatic carbocycles. The molecule has 32 heavy (non-hydrogen) atoms. The van der Waals surface area contributed by atoms with E-state index in [0.717, 1.165) is 6.42 Å². The number of rotatable bonds is 18. The molecule has 0 aromatic heterocycles. The standard InChI is InChI=1S/C26H42O5S/c1-5-6-7-8-9-10-11-14-18-29-23-15-12-13-16-24(23)30-20-22(27)21-32-19-17-25(28)31-26(2,3)4/h12-13,15-16H,5-11,14,17-21H2,1-4H3. The van der Waals surface area contributed by atoms with E-state index in [1.54, 1.807) is 0 Å². The van der Waals surface area contributed by atoms with Crippen LogP contribution >= 0.6 is 11.8 Å². The van der Waals surface area contributed by atoms with Gasteiger partial charge < -0.3 is 14.2 Å². The number of carbonyl (C=O) groups excluding carboxylic acids is 2. The fraction of sp³-hybridized carbons (Fsp3) is 0.692. The number of ether oxygens (including phenoxy) is 3. The first-order valence-electron chi connectivity index (χ1n) is 12.0. The van der Waals surface area contributed by atoms with E-state index in [0.29, 0.717) is 36.0 Å². The molecular weight excluding hydrogens is 424 g/mol. The number of para-hydroxylation sites is 2. The van der Waals surface area contributed by atoms with Gasteiger partial charge in [0.1, 0.15) is 12.2 Å². The second-order valence-electron chi connectivity index (χ2n) is 8.99. The van der Waals surface area contributed by atoms with Crippen LogP contribution in [0.15, 0.2) is 24.3 Å². The molecule has 0 fully saturated rings. The van der Waals surface area contributed by atoms with Gasteiger partial charge in [0.05, 0.1) is 18.8 Å². The van der Waals surface area contributed by atoms with E-state index in [4.69, 9.17) is 14.2 Å². The zero-order valence-electron chi connectivity index (χ0n) is 20.5. The molecule has 0 aliphatic carbocycles. The summed E-state index contributed by atoms with van der Waals surface area (Å²) in [5.41, 5.74) is -0.477. The monoisotopic (exact) mass is 466 g/mol. The van der Waals surface area contributed by atoms with Gasteiger partial charge in [-0.1, -0.05) is 64.0 Å². The maximum absolute atomic E-state index is 12.1. The van der Waals surface area contributed by atoms with Gasteiger partial charge in [-0.3, -0.25) is 9.59 Å². The number of hydrogen-bond donors (Lipinski definition) is 0. The molecule has 6 heteroatoms. The van der Waals surface area contributed by atoms with Crippen molar-refractivity contribution in [3.8, 4) is 11.5 Å². The molecule has 0 aliphatic rings. The number of Topliss-reactive ketones (excluding diaryl/α,β-unsaturated/α-hetero) is 1. The topological polar surface area (TPSA) is 61.8 Å². The van der Waals surface area contributed by atoms with Crippen LogP contribution < -0.4 is 9.47 Å². The number of carbonyl (C=O) groups is 2. The Morgan fingerprint density at radius 2 is 1.47 bits per heavy atom. The van der Waals surface area contributed by atoms with Gasteiger partial charge in [-0.2, -0.15) is 11.8 Å². The Morgan fingerprint density at radius 3 is 2.09 bits per heavy atom. The first kappa shape index (κ1) is 28.3. The summed E-state index contributed by atoms with van der Waals surface area (Å²) >= 11 is 1.42. The number of unbranched alkanes of at least 4 members (excludes halogenated alkanes) is 7. The fourth-order valence-corrected chi connectivity index (χ4v) is 3.81. The van der Waals surface area contributed by atoms with Crippen LogP contribution in [0.5, 0.6) is 11.5 Å². The Kier molecular flexibility index (Phi) is 14.9. The molecule has 0 unspecified atom stereocenters. The van der Waals surface area contributed by atoms with E-state index in [2.05, 4.69) is 6.92 Å². The highest BCUT2D eigenvalue weighted by molar-refractivity contribution is 7.99. The Hall–Kier alpha value is -1.69. The van der Waals surface area contributed by atoms with Gasteiger partial charge in [0.15, 0.2) is 17.3 Å². The van der Waals surface area contributed by atoms with Crippen molar-refractivity contribution < 1.29 is 23.8 Å². The predicted molar refractivity (Wildman–Crippen MR) is 133 cm³/mol. The minimum Gasteiger partial charge on any atom is -0.490 e. The Morgan fingerprint density at radius 1 is 0.875 bits per heavy atom. The van der Waals surface area contributed by atoms with E-state index in [-0.39, 0.29) is 18.4 Å². The lowest BCUT2D eigenvalue weighted by atomic mass is 10.1. The average Bonchev–Trinajstić information content (AvgIpc) is 2.73. The molecule has 0 amide bonds. The molecule has 0 aliphatic heterocycles. The van der Waals surface area contributed by atoms with Crippen molar-refractivity contribution in [2.75, 3.05) is 24.7 Å². The lowest BCUT2D eigenvalue weighted by molar-refractivity contribution is -0.154. The van der Waals surface area contributed by atoms with Crippen LogP contribution in [-0.4, -0.2) is 42.1 Å². The largest absolute Gasteiger partial charge is 0.490 e. The molecule has 0 atom stereocenters. The highest BCUT2D eigenvalue weighted by atomic mass is 32.2. The van der Waals surface area contributed by atoms with Crippen LogP contribution in [0.4, 0.5) is 0 Å². The first-order valence-corrected chi connectivity index (χ1v) is 13.1. The summed E-state index contributed by atoms with van der Waals surface area (Å²) in [6.45, 7) is 8.42.